The number of aromatic nitrogens is 1. The van der Waals surface area contributed by atoms with Crippen LogP contribution in [0.1, 0.15) is 32.9 Å². The van der Waals surface area contributed by atoms with Crippen LogP contribution in [0.25, 0.3) is 0 Å². The molecule has 2 aliphatic rings. The third-order valence-corrected chi connectivity index (χ3v) is 7.71. The van der Waals surface area contributed by atoms with Crippen molar-refractivity contribution in [3.63, 3.8) is 0 Å². The number of para-hydroxylation sites is 2. The summed E-state index contributed by atoms with van der Waals surface area (Å²) >= 11 is 0. The second-order valence-electron chi connectivity index (χ2n) is 10.0. The number of ether oxygens (including phenoxy) is 2. The minimum atomic E-state index is 0.117. The Morgan fingerprint density at radius 3 is 2.22 bits per heavy atom. The highest BCUT2D eigenvalue weighted by Crippen LogP contribution is 2.34. The number of benzene rings is 2. The largest absolute Gasteiger partial charge is 0.495 e. The molecule has 1 amide bonds. The van der Waals surface area contributed by atoms with Crippen LogP contribution in [0.15, 0.2) is 48.5 Å². The summed E-state index contributed by atoms with van der Waals surface area (Å²) in [6.07, 6.45) is 0. The van der Waals surface area contributed by atoms with Crippen LogP contribution in [0.4, 0.5) is 11.4 Å². The first kappa shape index (κ1) is 25.2. The summed E-state index contributed by atoms with van der Waals surface area (Å²) in [7, 11) is 1.71. The zero-order chi connectivity index (χ0) is 25.9. The lowest BCUT2D eigenvalue weighted by atomic mass is 10.1. The molecule has 2 aromatic carbocycles. The molecule has 2 fully saturated rings. The van der Waals surface area contributed by atoms with Crippen molar-refractivity contribution >= 4 is 17.3 Å². The second-order valence-corrected chi connectivity index (χ2v) is 10.0. The Balaban J connectivity index is 1.43. The first-order valence-electron chi connectivity index (χ1n) is 13.2. The van der Waals surface area contributed by atoms with E-state index in [0.717, 1.165) is 67.8 Å². The molecule has 1 aromatic heterocycles. The SMILES string of the molecule is COc1ccccc1N1CCN(C(=O)c2c(C)c(N3CCOCC3)c(C)n2Cc2ccc(C)cc2)CC1. The van der Waals surface area contributed by atoms with Gasteiger partial charge in [-0.25, -0.2) is 0 Å². The molecule has 196 valence electrons. The number of hydrogen-bond donors (Lipinski definition) is 0. The summed E-state index contributed by atoms with van der Waals surface area (Å²) in [6.45, 7) is 13.1. The molecule has 2 saturated heterocycles. The maximum Gasteiger partial charge on any atom is 0.270 e. The second kappa shape index (κ2) is 10.9. The number of nitrogens with zero attached hydrogens (tertiary/aromatic N) is 4. The topological polar surface area (TPSA) is 50.2 Å². The van der Waals surface area contributed by atoms with E-state index in [1.54, 1.807) is 7.11 Å². The Hall–Kier alpha value is -3.45. The normalized spacial score (nSPS) is 16.3. The predicted octanol–water partition coefficient (Wildman–Crippen LogP) is 4.27. The molecule has 0 N–H and O–H groups in total. The molecule has 2 aliphatic heterocycles. The van der Waals surface area contributed by atoms with E-state index < -0.39 is 0 Å². The van der Waals surface area contributed by atoms with Crippen molar-refractivity contribution in [2.75, 3.05) is 69.4 Å². The molecule has 7 nitrogen and oxygen atoms in total. The fraction of sp³-hybridized carbons (Fsp3) is 0.433. The molecule has 0 saturated carbocycles. The molecule has 0 bridgehead atoms. The molecule has 0 spiro atoms. The van der Waals surface area contributed by atoms with E-state index >= 15 is 0 Å². The number of methoxy groups -OCH3 is 1. The zero-order valence-corrected chi connectivity index (χ0v) is 22.5. The van der Waals surface area contributed by atoms with Crippen LogP contribution < -0.4 is 14.5 Å². The standard InChI is InChI=1S/C30H38N4O3/c1-22-9-11-25(12-10-22)21-34-24(3)28(32-17-19-37-20-18-32)23(2)29(34)30(35)33-15-13-31(14-16-33)26-7-5-6-8-27(26)36-4/h5-12H,13-21H2,1-4H3. The molecule has 0 radical (unpaired) electrons. The van der Waals surface area contributed by atoms with Crippen LogP contribution in [0.5, 0.6) is 5.75 Å². The minimum Gasteiger partial charge on any atom is -0.495 e. The van der Waals surface area contributed by atoms with E-state index in [4.69, 9.17) is 9.47 Å². The van der Waals surface area contributed by atoms with Crippen molar-refractivity contribution in [3.05, 3.63) is 76.6 Å². The number of aryl methyl sites for hydroxylation is 1. The molecule has 7 heteroatoms. The molecular weight excluding hydrogens is 464 g/mol. The van der Waals surface area contributed by atoms with Gasteiger partial charge in [0.15, 0.2) is 0 Å². The van der Waals surface area contributed by atoms with E-state index in [2.05, 4.69) is 65.5 Å². The first-order chi connectivity index (χ1) is 18.0. The number of morpholine rings is 1. The highest BCUT2D eigenvalue weighted by molar-refractivity contribution is 5.97. The fourth-order valence-electron chi connectivity index (χ4n) is 5.68. The Labute approximate surface area is 220 Å². The summed E-state index contributed by atoms with van der Waals surface area (Å²) in [5, 5.41) is 0. The van der Waals surface area contributed by atoms with E-state index in [9.17, 15) is 4.79 Å². The quantitative estimate of drug-likeness (QED) is 0.504. The van der Waals surface area contributed by atoms with Gasteiger partial charge >= 0.3 is 0 Å². The van der Waals surface area contributed by atoms with Gasteiger partial charge in [0.1, 0.15) is 11.4 Å². The average molecular weight is 503 g/mol. The Morgan fingerprint density at radius 1 is 0.865 bits per heavy atom. The number of piperazine rings is 1. The van der Waals surface area contributed by atoms with E-state index in [1.165, 1.54) is 16.8 Å². The number of amides is 1. The molecule has 0 aliphatic carbocycles. The average Bonchev–Trinajstić information content (AvgIpc) is 3.18. The minimum absolute atomic E-state index is 0.117. The molecule has 3 heterocycles. The third-order valence-electron chi connectivity index (χ3n) is 7.71. The van der Waals surface area contributed by atoms with E-state index in [0.29, 0.717) is 19.6 Å². The van der Waals surface area contributed by atoms with E-state index in [-0.39, 0.29) is 5.91 Å². The van der Waals surface area contributed by atoms with Gasteiger partial charge in [0.25, 0.3) is 5.91 Å². The molecule has 37 heavy (non-hydrogen) atoms. The van der Waals surface area contributed by atoms with Crippen molar-refractivity contribution in [2.45, 2.75) is 27.3 Å². The Kier molecular flexibility index (Phi) is 7.42. The lowest BCUT2D eigenvalue weighted by Gasteiger charge is -2.37. The van der Waals surface area contributed by atoms with Gasteiger partial charge in [-0.05, 0) is 38.5 Å². The van der Waals surface area contributed by atoms with Crippen molar-refractivity contribution in [3.8, 4) is 5.75 Å². The number of anilines is 2. The number of carbonyl (C=O) groups is 1. The molecule has 0 atom stereocenters. The van der Waals surface area contributed by atoms with Gasteiger partial charge in [-0.15, -0.1) is 0 Å². The summed E-state index contributed by atoms with van der Waals surface area (Å²) in [4.78, 5) is 20.8. The summed E-state index contributed by atoms with van der Waals surface area (Å²) < 4.78 is 13.4. The van der Waals surface area contributed by atoms with Crippen LogP contribution in [-0.2, 0) is 11.3 Å². The van der Waals surface area contributed by atoms with Crippen LogP contribution in [0, 0.1) is 20.8 Å². The maximum atomic E-state index is 14.1. The monoisotopic (exact) mass is 502 g/mol. The Bertz CT molecular complexity index is 1240. The van der Waals surface area contributed by atoms with E-state index in [1.807, 2.05) is 23.1 Å². The number of rotatable bonds is 6. The summed E-state index contributed by atoms with van der Waals surface area (Å²) in [6, 6.07) is 16.7. The summed E-state index contributed by atoms with van der Waals surface area (Å²) in [5.74, 6) is 0.989. The smallest absolute Gasteiger partial charge is 0.270 e. The van der Waals surface area contributed by atoms with Crippen molar-refractivity contribution in [1.82, 2.24) is 9.47 Å². The highest BCUT2D eigenvalue weighted by atomic mass is 16.5. The maximum absolute atomic E-state index is 14.1. The predicted molar refractivity (Wildman–Crippen MR) is 148 cm³/mol. The van der Waals surface area contributed by atoms with Gasteiger partial charge in [0.2, 0.25) is 0 Å². The summed E-state index contributed by atoms with van der Waals surface area (Å²) in [5.41, 5.74) is 7.74. The van der Waals surface area contributed by atoms with Crippen LogP contribution >= 0.6 is 0 Å². The Morgan fingerprint density at radius 2 is 1.54 bits per heavy atom. The van der Waals surface area contributed by atoms with Crippen LogP contribution in [0.3, 0.4) is 0 Å². The van der Waals surface area contributed by atoms with Crippen molar-refractivity contribution < 1.29 is 14.3 Å². The van der Waals surface area contributed by atoms with Crippen molar-refractivity contribution in [2.24, 2.45) is 0 Å². The highest BCUT2D eigenvalue weighted by Gasteiger charge is 2.31. The molecule has 0 unspecified atom stereocenters. The van der Waals surface area contributed by atoms with Gasteiger partial charge in [-0.2, -0.15) is 0 Å². The van der Waals surface area contributed by atoms with Gasteiger partial charge in [0.05, 0.1) is 31.7 Å². The molecule has 3 aromatic rings. The van der Waals surface area contributed by atoms with Crippen LogP contribution in [0.2, 0.25) is 0 Å². The number of carbonyl (C=O) groups excluding carboxylic acids is 1. The van der Waals surface area contributed by atoms with Crippen molar-refractivity contribution in [1.29, 1.82) is 0 Å². The van der Waals surface area contributed by atoms with Gasteiger partial charge < -0.3 is 28.7 Å². The van der Waals surface area contributed by atoms with Gasteiger partial charge in [-0.1, -0.05) is 42.0 Å². The third kappa shape index (κ3) is 5.05. The first-order valence-corrected chi connectivity index (χ1v) is 13.2. The van der Waals surface area contributed by atoms with Gasteiger partial charge in [0, 0.05) is 57.1 Å². The van der Waals surface area contributed by atoms with Gasteiger partial charge in [-0.3, -0.25) is 4.79 Å². The fourth-order valence-corrected chi connectivity index (χ4v) is 5.68. The number of hydrogen-bond acceptors (Lipinski definition) is 5. The lowest BCUT2D eigenvalue weighted by Crippen LogP contribution is -2.49. The lowest BCUT2D eigenvalue weighted by molar-refractivity contribution is 0.0735. The molecule has 5 rings (SSSR count). The zero-order valence-electron chi connectivity index (χ0n) is 22.5. The molecular formula is C30H38N4O3. The van der Waals surface area contributed by atoms with Crippen LogP contribution in [-0.4, -0.2) is 75.0 Å².